The van der Waals surface area contributed by atoms with Gasteiger partial charge in [-0.15, -0.1) is 22.7 Å². The van der Waals surface area contributed by atoms with Crippen molar-refractivity contribution in [2.45, 2.75) is 45.7 Å². The van der Waals surface area contributed by atoms with E-state index in [-0.39, 0.29) is 23.5 Å². The number of amides is 2. The van der Waals surface area contributed by atoms with Crippen molar-refractivity contribution in [2.24, 2.45) is 0 Å². The van der Waals surface area contributed by atoms with Crippen LogP contribution >= 0.6 is 22.7 Å². The number of thiazole rings is 1. The highest BCUT2D eigenvalue weighted by atomic mass is 32.1. The van der Waals surface area contributed by atoms with Crippen LogP contribution in [0.4, 0.5) is 4.79 Å². The Labute approximate surface area is 194 Å². The third kappa shape index (κ3) is 3.93. The van der Waals surface area contributed by atoms with Crippen molar-refractivity contribution >= 4 is 40.5 Å². The SMILES string of the molecule is CCOC(=O)N1CCC(N2C(=O)C(O)=C(C(=O)c3sc(C)nc3C)C2c2cccs2)CC1. The first-order valence-electron chi connectivity index (χ1n) is 10.5. The molecule has 0 saturated carbocycles. The number of carbonyl (C=O) groups is 3. The lowest BCUT2D eigenvalue weighted by Crippen LogP contribution is -2.48. The molecule has 2 aliphatic rings. The maximum absolute atomic E-state index is 13.5. The van der Waals surface area contributed by atoms with Gasteiger partial charge in [-0.3, -0.25) is 9.59 Å². The molecule has 1 unspecified atom stereocenters. The Morgan fingerprint density at radius 1 is 1.28 bits per heavy atom. The molecule has 0 spiro atoms. The number of carbonyl (C=O) groups excluding carboxylic acids is 3. The van der Waals surface area contributed by atoms with E-state index in [9.17, 15) is 19.5 Å². The number of hydrogen-bond acceptors (Lipinski definition) is 8. The molecule has 0 aliphatic carbocycles. The second-order valence-corrected chi connectivity index (χ2v) is 9.97. The molecule has 170 valence electrons. The summed E-state index contributed by atoms with van der Waals surface area (Å²) in [5.41, 5.74) is 0.702. The summed E-state index contributed by atoms with van der Waals surface area (Å²) in [6.45, 7) is 6.54. The van der Waals surface area contributed by atoms with Crippen LogP contribution in [0.25, 0.3) is 0 Å². The molecule has 8 nitrogen and oxygen atoms in total. The van der Waals surface area contributed by atoms with Crippen LogP contribution in [0.5, 0.6) is 0 Å². The number of nitrogens with zero attached hydrogens (tertiary/aromatic N) is 3. The van der Waals surface area contributed by atoms with E-state index in [0.717, 1.165) is 9.88 Å². The molecule has 1 saturated heterocycles. The third-order valence-electron chi connectivity index (χ3n) is 5.79. The molecule has 2 aliphatic heterocycles. The van der Waals surface area contributed by atoms with Crippen LogP contribution in [0, 0.1) is 13.8 Å². The van der Waals surface area contributed by atoms with Crippen molar-refractivity contribution in [1.29, 1.82) is 0 Å². The Hall–Kier alpha value is -2.72. The van der Waals surface area contributed by atoms with E-state index < -0.39 is 17.7 Å². The number of ketones is 1. The van der Waals surface area contributed by atoms with Crippen molar-refractivity contribution in [3.63, 3.8) is 0 Å². The summed E-state index contributed by atoms with van der Waals surface area (Å²) in [5.74, 6) is -1.39. The number of likely N-dealkylation sites (tertiary alicyclic amines) is 1. The summed E-state index contributed by atoms with van der Waals surface area (Å²) in [4.78, 5) is 47.6. The van der Waals surface area contributed by atoms with Crippen molar-refractivity contribution in [1.82, 2.24) is 14.8 Å². The number of thiophene rings is 1. The number of hydrogen-bond donors (Lipinski definition) is 1. The second-order valence-electron chi connectivity index (χ2n) is 7.79. The standard InChI is InChI=1S/C22H25N3O5S2/c1-4-30-22(29)24-9-7-14(8-10-24)25-17(15-6-5-11-31-15)16(19(27)21(25)28)18(26)20-12(2)23-13(3)32-20/h5-6,11,14,17,27H,4,7-10H2,1-3H3. The van der Waals surface area contributed by atoms with E-state index in [1.54, 1.807) is 23.6 Å². The van der Waals surface area contributed by atoms with Crippen molar-refractivity contribution in [3.05, 3.63) is 49.3 Å². The largest absolute Gasteiger partial charge is 0.503 e. The Bertz CT molecular complexity index is 1070. The van der Waals surface area contributed by atoms with Crippen LogP contribution in [0.1, 0.15) is 51.1 Å². The van der Waals surface area contributed by atoms with Gasteiger partial charge in [-0.05, 0) is 45.1 Å². The Morgan fingerprint density at radius 3 is 2.56 bits per heavy atom. The predicted molar refractivity (Wildman–Crippen MR) is 121 cm³/mol. The quantitative estimate of drug-likeness (QED) is 0.656. The number of piperidine rings is 1. The van der Waals surface area contributed by atoms with Crippen LogP contribution in [0.15, 0.2) is 28.8 Å². The van der Waals surface area contributed by atoms with E-state index >= 15 is 0 Å². The average Bonchev–Trinajstić information content (AvgIpc) is 3.47. The number of Topliss-reactive ketones (excluding diaryl/α,β-unsaturated/α-hetero) is 1. The van der Waals surface area contributed by atoms with Gasteiger partial charge in [0.05, 0.1) is 33.8 Å². The van der Waals surface area contributed by atoms with Gasteiger partial charge < -0.3 is 19.6 Å². The second kappa shape index (κ2) is 9.03. The molecule has 2 aromatic heterocycles. The van der Waals surface area contributed by atoms with E-state index in [0.29, 0.717) is 43.1 Å². The lowest BCUT2D eigenvalue weighted by Gasteiger charge is -2.39. The number of rotatable bonds is 5. The van der Waals surface area contributed by atoms with Crippen LogP contribution < -0.4 is 0 Å². The minimum atomic E-state index is -0.657. The zero-order valence-corrected chi connectivity index (χ0v) is 19.8. The minimum absolute atomic E-state index is 0.108. The molecule has 1 fully saturated rings. The van der Waals surface area contributed by atoms with Gasteiger partial charge in [0.25, 0.3) is 5.91 Å². The van der Waals surface area contributed by atoms with E-state index in [2.05, 4.69) is 4.98 Å². The molecule has 4 heterocycles. The van der Waals surface area contributed by atoms with Crippen molar-refractivity contribution in [2.75, 3.05) is 19.7 Å². The molecular weight excluding hydrogens is 450 g/mol. The Balaban J connectivity index is 1.65. The van der Waals surface area contributed by atoms with Crippen LogP contribution in [-0.2, 0) is 9.53 Å². The zero-order chi connectivity index (χ0) is 23.0. The van der Waals surface area contributed by atoms with E-state index in [1.165, 1.54) is 22.7 Å². The average molecular weight is 476 g/mol. The topological polar surface area (TPSA) is 100 Å². The highest BCUT2D eigenvalue weighted by Crippen LogP contribution is 2.44. The van der Waals surface area contributed by atoms with Gasteiger partial charge in [0.15, 0.2) is 5.76 Å². The molecule has 32 heavy (non-hydrogen) atoms. The number of aromatic nitrogens is 1. The first-order valence-corrected chi connectivity index (χ1v) is 12.2. The molecule has 2 aromatic rings. The Morgan fingerprint density at radius 2 is 2.00 bits per heavy atom. The minimum Gasteiger partial charge on any atom is -0.503 e. The zero-order valence-electron chi connectivity index (χ0n) is 18.2. The lowest BCUT2D eigenvalue weighted by molar-refractivity contribution is -0.132. The van der Waals surface area contributed by atoms with Crippen molar-refractivity contribution in [3.8, 4) is 0 Å². The van der Waals surface area contributed by atoms with Gasteiger partial charge >= 0.3 is 6.09 Å². The predicted octanol–water partition coefficient (Wildman–Crippen LogP) is 4.02. The fourth-order valence-electron chi connectivity index (χ4n) is 4.36. The van der Waals surface area contributed by atoms with E-state index in [4.69, 9.17) is 4.74 Å². The molecule has 10 heteroatoms. The number of aliphatic hydroxyl groups is 1. The summed E-state index contributed by atoms with van der Waals surface area (Å²) < 4.78 is 5.08. The van der Waals surface area contributed by atoms with Gasteiger partial charge in [0, 0.05) is 24.0 Å². The van der Waals surface area contributed by atoms with Crippen LogP contribution in [-0.4, -0.2) is 63.4 Å². The summed E-state index contributed by atoms with van der Waals surface area (Å²) in [6, 6.07) is 2.87. The third-order valence-corrected chi connectivity index (χ3v) is 7.79. The van der Waals surface area contributed by atoms with Crippen LogP contribution in [0.3, 0.4) is 0 Å². The van der Waals surface area contributed by atoms with Gasteiger partial charge in [-0.1, -0.05) is 6.07 Å². The number of ether oxygens (including phenoxy) is 1. The fourth-order valence-corrected chi connectivity index (χ4v) is 6.07. The molecule has 0 radical (unpaired) electrons. The molecule has 0 aromatic carbocycles. The molecule has 4 rings (SSSR count). The monoisotopic (exact) mass is 475 g/mol. The van der Waals surface area contributed by atoms with Crippen LogP contribution in [0.2, 0.25) is 0 Å². The fraction of sp³-hybridized carbons (Fsp3) is 0.455. The smallest absolute Gasteiger partial charge is 0.409 e. The lowest BCUT2D eigenvalue weighted by atomic mass is 9.97. The maximum Gasteiger partial charge on any atom is 0.409 e. The van der Waals surface area contributed by atoms with Gasteiger partial charge in [-0.2, -0.15) is 0 Å². The summed E-state index contributed by atoms with van der Waals surface area (Å²) in [6.07, 6.45) is 0.723. The summed E-state index contributed by atoms with van der Waals surface area (Å²) >= 11 is 2.71. The molecule has 0 bridgehead atoms. The summed E-state index contributed by atoms with van der Waals surface area (Å²) in [7, 11) is 0. The number of aryl methyl sites for hydroxylation is 2. The molecule has 1 N–H and O–H groups in total. The normalized spacial score (nSPS) is 19.7. The van der Waals surface area contributed by atoms with Gasteiger partial charge in [0.1, 0.15) is 0 Å². The first kappa shape index (κ1) is 22.5. The highest BCUT2D eigenvalue weighted by Gasteiger charge is 2.48. The summed E-state index contributed by atoms with van der Waals surface area (Å²) in [5, 5.41) is 13.5. The molecular formula is C22H25N3O5S2. The van der Waals surface area contributed by atoms with Gasteiger partial charge in [0.2, 0.25) is 5.78 Å². The first-order chi connectivity index (χ1) is 15.3. The van der Waals surface area contributed by atoms with E-state index in [1.807, 2.05) is 24.4 Å². The van der Waals surface area contributed by atoms with Gasteiger partial charge in [-0.25, -0.2) is 9.78 Å². The van der Waals surface area contributed by atoms with Crippen molar-refractivity contribution < 1.29 is 24.2 Å². The number of aliphatic hydroxyl groups excluding tert-OH is 1. The Kier molecular flexibility index (Phi) is 6.34. The molecule has 1 atom stereocenters. The maximum atomic E-state index is 13.5. The highest BCUT2D eigenvalue weighted by molar-refractivity contribution is 7.14. The molecule has 2 amide bonds.